The van der Waals surface area contributed by atoms with E-state index in [0.717, 1.165) is 37.4 Å². The molecule has 1 heterocycles. The van der Waals surface area contributed by atoms with Crippen LogP contribution in [0.4, 0.5) is 0 Å². The number of carbonyl (C=O) groups excluding carboxylic acids is 3. The number of likely N-dealkylation sites (tertiary alicyclic amines) is 1. The Labute approximate surface area is 248 Å². The molecule has 220 valence electrons. The Balaban J connectivity index is 1.42. The fourth-order valence-corrected chi connectivity index (χ4v) is 7.96. The summed E-state index contributed by atoms with van der Waals surface area (Å²) in [7, 11) is 1.51. The zero-order chi connectivity index (χ0) is 30.1. The second kappa shape index (κ2) is 10.3. The van der Waals surface area contributed by atoms with Gasteiger partial charge in [0.15, 0.2) is 17.2 Å². The fraction of sp³-hybridized carbons (Fsp3) is 0.406. The van der Waals surface area contributed by atoms with E-state index < -0.39 is 57.9 Å². The summed E-state index contributed by atoms with van der Waals surface area (Å²) >= 11 is 7.03. The van der Waals surface area contributed by atoms with E-state index in [0.29, 0.717) is 17.1 Å². The molecule has 1 fully saturated rings. The normalized spacial score (nSPS) is 29.4. The number of phenols is 1. The monoisotopic (exact) mass is 592 g/mol. The number of halogens is 1. The zero-order valence-electron chi connectivity index (χ0n) is 23.4. The van der Waals surface area contributed by atoms with Gasteiger partial charge in [-0.3, -0.25) is 19.3 Å². The molecule has 5 atom stereocenters. The van der Waals surface area contributed by atoms with Gasteiger partial charge in [0.2, 0.25) is 5.78 Å². The Kier molecular flexibility index (Phi) is 7.05. The molecule has 0 saturated carbocycles. The number of hydrogen-bond acceptors (Lipinski definition) is 9. The van der Waals surface area contributed by atoms with Gasteiger partial charge in [0.25, 0.3) is 0 Å². The lowest BCUT2D eigenvalue weighted by Gasteiger charge is -2.48. The van der Waals surface area contributed by atoms with Crippen molar-refractivity contribution >= 4 is 29.0 Å². The van der Waals surface area contributed by atoms with E-state index in [1.54, 1.807) is 0 Å². The van der Waals surface area contributed by atoms with Gasteiger partial charge in [-0.2, -0.15) is 0 Å². The van der Waals surface area contributed by atoms with E-state index in [9.17, 15) is 34.8 Å². The van der Waals surface area contributed by atoms with Gasteiger partial charge in [0.05, 0.1) is 11.6 Å². The number of fused-ring (bicyclic) bond motifs is 3. The van der Waals surface area contributed by atoms with Gasteiger partial charge in [0.1, 0.15) is 22.8 Å². The minimum atomic E-state index is -2.60. The lowest BCUT2D eigenvalue weighted by Crippen LogP contribution is -2.63. The predicted molar refractivity (Wildman–Crippen MR) is 154 cm³/mol. The van der Waals surface area contributed by atoms with Gasteiger partial charge in [-0.25, -0.2) is 0 Å². The Bertz CT molecular complexity index is 1580. The van der Waals surface area contributed by atoms with Gasteiger partial charge < -0.3 is 25.7 Å². The molecule has 2 aromatic carbocycles. The number of allylic oxidation sites excluding steroid dienone is 1. The SMILES string of the molecule is CN[C@@H]1C(O)=C(C(C)=O)C(=O)[C@@]2(O)C(O)=C3C(=O)c4c(O)cc(C5CCCN5Cc5ccccc5)c(Cl)c4C[C@H]3C[C@@H]12. The number of nitrogens with zero attached hydrogens (tertiary/aromatic N) is 1. The fourth-order valence-electron chi connectivity index (χ4n) is 7.61. The number of aliphatic hydroxyl groups excluding tert-OH is 2. The quantitative estimate of drug-likeness (QED) is 0.326. The largest absolute Gasteiger partial charge is 0.510 e. The number of aromatic hydroxyl groups is 1. The number of aliphatic hydroxyl groups is 3. The number of likely N-dealkylation sites (N-methyl/N-ethyl adjacent to an activating group) is 1. The van der Waals surface area contributed by atoms with Gasteiger partial charge in [-0.1, -0.05) is 41.9 Å². The first-order valence-electron chi connectivity index (χ1n) is 14.2. The number of nitrogens with one attached hydrogen (secondary N) is 1. The van der Waals surface area contributed by atoms with E-state index >= 15 is 0 Å². The summed E-state index contributed by atoms with van der Waals surface area (Å²) < 4.78 is 0. The van der Waals surface area contributed by atoms with Gasteiger partial charge >= 0.3 is 0 Å². The Morgan fingerprint density at radius 3 is 2.55 bits per heavy atom. The lowest BCUT2D eigenvalue weighted by molar-refractivity contribution is -0.146. The maximum absolute atomic E-state index is 13.9. The summed E-state index contributed by atoms with van der Waals surface area (Å²) in [5.41, 5.74) is -1.11. The second-order valence-electron chi connectivity index (χ2n) is 11.8. The molecule has 1 unspecified atom stereocenters. The zero-order valence-corrected chi connectivity index (χ0v) is 24.1. The van der Waals surface area contributed by atoms with Crippen LogP contribution in [0.1, 0.15) is 59.3 Å². The molecule has 0 aromatic heterocycles. The smallest absolute Gasteiger partial charge is 0.209 e. The number of carbonyl (C=O) groups is 3. The molecule has 0 radical (unpaired) electrons. The van der Waals surface area contributed by atoms with Crippen molar-refractivity contribution in [2.75, 3.05) is 13.6 Å². The lowest BCUT2D eigenvalue weighted by atomic mass is 9.58. The van der Waals surface area contributed by atoms with Crippen LogP contribution in [0.2, 0.25) is 5.02 Å². The second-order valence-corrected chi connectivity index (χ2v) is 12.2. The molecular formula is C32H33ClN2O7. The first-order chi connectivity index (χ1) is 20.0. The van der Waals surface area contributed by atoms with Crippen LogP contribution in [0.3, 0.4) is 0 Å². The van der Waals surface area contributed by atoms with Crippen molar-refractivity contribution in [1.82, 2.24) is 10.2 Å². The average molecular weight is 593 g/mol. The molecule has 3 aliphatic carbocycles. The number of rotatable bonds is 5. The number of phenolic OH excluding ortho intramolecular Hbond substituents is 1. The molecule has 42 heavy (non-hydrogen) atoms. The first kappa shape index (κ1) is 28.6. The van der Waals surface area contributed by atoms with Crippen LogP contribution in [-0.4, -0.2) is 67.9 Å². The third-order valence-electron chi connectivity index (χ3n) is 9.53. The Hall–Kier alpha value is -3.50. The van der Waals surface area contributed by atoms with Crippen molar-refractivity contribution in [3.05, 3.63) is 86.3 Å². The minimum Gasteiger partial charge on any atom is -0.510 e. The molecule has 5 N–H and O–H groups in total. The van der Waals surface area contributed by atoms with Crippen molar-refractivity contribution in [3.8, 4) is 5.75 Å². The van der Waals surface area contributed by atoms with Crippen molar-refractivity contribution < 1.29 is 34.8 Å². The van der Waals surface area contributed by atoms with Crippen molar-refractivity contribution in [1.29, 1.82) is 0 Å². The van der Waals surface area contributed by atoms with Crippen LogP contribution in [0.15, 0.2) is 59.1 Å². The Morgan fingerprint density at radius 1 is 1.17 bits per heavy atom. The van der Waals surface area contributed by atoms with Crippen LogP contribution >= 0.6 is 11.6 Å². The van der Waals surface area contributed by atoms with E-state index in [1.807, 2.05) is 18.2 Å². The number of Topliss-reactive ketones (excluding diaryl/α,β-unsaturated/α-hetero) is 3. The number of benzene rings is 2. The van der Waals surface area contributed by atoms with Crippen molar-refractivity contribution in [2.24, 2.45) is 11.8 Å². The molecule has 0 spiro atoms. The molecule has 2 aromatic rings. The van der Waals surface area contributed by atoms with Crippen LogP contribution < -0.4 is 5.32 Å². The molecule has 1 saturated heterocycles. The standard InChI is InChI=1S/C32H33ClN2O7/c1-15(36)23-29(39)27(34-2)20-12-17-11-19-25(28(38)24(17)31(41)32(20,42)30(23)40)22(37)13-18(26(19)33)21-9-6-10-35(21)14-16-7-4-3-5-8-16/h3-5,7-8,13,17,20-21,27,34,37,39,41-42H,6,9-12,14H2,1-2H3/t17-,20-,21?,27-,32+/m0/s1. The highest BCUT2D eigenvalue weighted by Crippen LogP contribution is 2.53. The molecule has 10 heteroatoms. The van der Waals surface area contributed by atoms with E-state index in [1.165, 1.54) is 13.1 Å². The number of hydrogen-bond donors (Lipinski definition) is 5. The van der Waals surface area contributed by atoms with Crippen LogP contribution in [0, 0.1) is 11.8 Å². The van der Waals surface area contributed by atoms with Crippen molar-refractivity contribution in [3.63, 3.8) is 0 Å². The molecule has 9 nitrogen and oxygen atoms in total. The van der Waals surface area contributed by atoms with Crippen LogP contribution in [-0.2, 0) is 22.6 Å². The third kappa shape index (κ3) is 4.06. The molecule has 0 amide bonds. The van der Waals surface area contributed by atoms with E-state index in [2.05, 4.69) is 22.3 Å². The molecule has 1 aliphatic heterocycles. The molecule has 6 rings (SSSR count). The number of ketones is 3. The molecule has 4 aliphatic rings. The summed E-state index contributed by atoms with van der Waals surface area (Å²) in [6, 6.07) is 10.5. The third-order valence-corrected chi connectivity index (χ3v) is 9.98. The molecular weight excluding hydrogens is 560 g/mol. The summed E-state index contributed by atoms with van der Waals surface area (Å²) in [5, 5.41) is 48.4. The first-order valence-corrected chi connectivity index (χ1v) is 14.6. The van der Waals surface area contributed by atoms with E-state index in [4.69, 9.17) is 11.6 Å². The van der Waals surface area contributed by atoms with Gasteiger partial charge in [0, 0.05) is 29.1 Å². The predicted octanol–water partition coefficient (Wildman–Crippen LogP) is 3.87. The maximum atomic E-state index is 13.9. The highest BCUT2D eigenvalue weighted by Gasteiger charge is 2.62. The van der Waals surface area contributed by atoms with E-state index in [-0.39, 0.29) is 35.8 Å². The van der Waals surface area contributed by atoms with Crippen molar-refractivity contribution in [2.45, 2.75) is 56.8 Å². The molecule has 0 bridgehead atoms. The summed E-state index contributed by atoms with van der Waals surface area (Å²) in [4.78, 5) is 41.9. The van der Waals surface area contributed by atoms with Crippen LogP contribution in [0.25, 0.3) is 0 Å². The average Bonchev–Trinajstić information content (AvgIpc) is 3.40. The highest BCUT2D eigenvalue weighted by molar-refractivity contribution is 6.33. The Morgan fingerprint density at radius 2 is 1.88 bits per heavy atom. The minimum absolute atomic E-state index is 0.0401. The topological polar surface area (TPSA) is 147 Å². The summed E-state index contributed by atoms with van der Waals surface area (Å²) in [6.07, 6.45) is 2.00. The highest BCUT2D eigenvalue weighted by atomic mass is 35.5. The van der Waals surface area contributed by atoms with Gasteiger partial charge in [-0.05, 0) is 74.9 Å². The van der Waals surface area contributed by atoms with Gasteiger partial charge in [-0.15, -0.1) is 0 Å². The summed E-state index contributed by atoms with van der Waals surface area (Å²) in [5.74, 6) is -5.98. The summed E-state index contributed by atoms with van der Waals surface area (Å²) in [6.45, 7) is 2.65. The van der Waals surface area contributed by atoms with Crippen LogP contribution in [0.5, 0.6) is 5.75 Å². The maximum Gasteiger partial charge on any atom is 0.209 e.